The summed E-state index contributed by atoms with van der Waals surface area (Å²) in [5.41, 5.74) is 7.87. The van der Waals surface area contributed by atoms with Crippen LogP contribution in [0, 0.1) is 6.92 Å². The summed E-state index contributed by atoms with van der Waals surface area (Å²) < 4.78 is 6.72. The molecule has 0 saturated carbocycles. The third-order valence-corrected chi connectivity index (χ3v) is 1.80. The zero-order valence-electron chi connectivity index (χ0n) is 7.74. The van der Waals surface area contributed by atoms with Gasteiger partial charge in [0.1, 0.15) is 0 Å². The molecule has 0 aliphatic rings. The Morgan fingerprint density at radius 2 is 2.42 bits per heavy atom. The van der Waals surface area contributed by atoms with E-state index in [0.29, 0.717) is 6.61 Å². The lowest BCUT2D eigenvalue weighted by atomic mass is 10.1. The predicted molar refractivity (Wildman–Crippen MR) is 46.7 cm³/mol. The van der Waals surface area contributed by atoms with Gasteiger partial charge in [-0.3, -0.25) is 4.68 Å². The molecule has 12 heavy (non-hydrogen) atoms. The molecular weight excluding hydrogens is 154 g/mol. The minimum atomic E-state index is -0.0660. The van der Waals surface area contributed by atoms with Gasteiger partial charge in [-0.2, -0.15) is 5.10 Å². The largest absolute Gasteiger partial charge is 0.383 e. The minimum absolute atomic E-state index is 0.0660. The maximum absolute atomic E-state index is 5.84. The summed E-state index contributed by atoms with van der Waals surface area (Å²) in [6.07, 6.45) is 1.93. The molecule has 0 aliphatic carbocycles. The number of hydrogen-bond acceptors (Lipinski definition) is 3. The van der Waals surface area contributed by atoms with Crippen molar-refractivity contribution in [1.29, 1.82) is 0 Å². The Morgan fingerprint density at radius 1 is 1.75 bits per heavy atom. The number of hydrogen-bond donors (Lipinski definition) is 1. The second-order valence-corrected chi connectivity index (χ2v) is 2.91. The van der Waals surface area contributed by atoms with Crippen molar-refractivity contribution in [2.45, 2.75) is 13.0 Å². The van der Waals surface area contributed by atoms with Gasteiger partial charge in [-0.25, -0.2) is 0 Å². The van der Waals surface area contributed by atoms with E-state index in [1.54, 1.807) is 11.8 Å². The van der Waals surface area contributed by atoms with Crippen LogP contribution in [0.1, 0.15) is 17.3 Å². The van der Waals surface area contributed by atoms with Crippen LogP contribution in [0.4, 0.5) is 0 Å². The average molecular weight is 169 g/mol. The first-order valence-corrected chi connectivity index (χ1v) is 3.89. The van der Waals surface area contributed by atoms with Crippen LogP contribution in [0.15, 0.2) is 6.20 Å². The lowest BCUT2D eigenvalue weighted by Gasteiger charge is -2.07. The standard InChI is InChI=1S/C8H15N3O/c1-6-7(4-11(2)10-6)8(9)5-12-3/h4,8H,5,9H2,1-3H3. The molecule has 1 aromatic heterocycles. The minimum Gasteiger partial charge on any atom is -0.383 e. The molecule has 1 atom stereocenters. The summed E-state index contributed by atoms with van der Waals surface area (Å²) in [5, 5.41) is 4.20. The molecule has 0 aliphatic heterocycles. The van der Waals surface area contributed by atoms with Gasteiger partial charge in [-0.05, 0) is 6.92 Å². The van der Waals surface area contributed by atoms with Crippen molar-refractivity contribution >= 4 is 0 Å². The molecule has 4 nitrogen and oxygen atoms in total. The second-order valence-electron chi connectivity index (χ2n) is 2.91. The fourth-order valence-corrected chi connectivity index (χ4v) is 1.25. The van der Waals surface area contributed by atoms with Crippen LogP contribution >= 0.6 is 0 Å². The zero-order chi connectivity index (χ0) is 9.14. The van der Waals surface area contributed by atoms with Crippen LogP contribution < -0.4 is 5.73 Å². The Balaban J connectivity index is 2.79. The molecule has 1 rings (SSSR count). The van der Waals surface area contributed by atoms with Crippen LogP contribution in [0.2, 0.25) is 0 Å². The van der Waals surface area contributed by atoms with Crippen molar-refractivity contribution in [3.63, 3.8) is 0 Å². The average Bonchev–Trinajstić information content (AvgIpc) is 2.30. The summed E-state index contributed by atoms with van der Waals surface area (Å²) in [6, 6.07) is -0.0660. The lowest BCUT2D eigenvalue weighted by molar-refractivity contribution is 0.180. The molecule has 0 fully saturated rings. The molecule has 1 heterocycles. The van der Waals surface area contributed by atoms with E-state index in [1.165, 1.54) is 0 Å². The van der Waals surface area contributed by atoms with Crippen LogP contribution in [0.5, 0.6) is 0 Å². The Bertz CT molecular complexity index is 257. The topological polar surface area (TPSA) is 53.1 Å². The van der Waals surface area contributed by atoms with Crippen molar-refractivity contribution in [2.24, 2.45) is 12.8 Å². The van der Waals surface area contributed by atoms with E-state index in [2.05, 4.69) is 5.10 Å². The van der Waals surface area contributed by atoms with Gasteiger partial charge in [0.25, 0.3) is 0 Å². The number of rotatable bonds is 3. The third-order valence-electron chi connectivity index (χ3n) is 1.80. The maximum atomic E-state index is 5.84. The van der Waals surface area contributed by atoms with Gasteiger partial charge in [0, 0.05) is 25.9 Å². The molecule has 0 bridgehead atoms. The molecule has 0 aromatic carbocycles. The van der Waals surface area contributed by atoms with Gasteiger partial charge >= 0.3 is 0 Å². The van der Waals surface area contributed by atoms with Crippen LogP contribution in [0.25, 0.3) is 0 Å². The molecule has 0 amide bonds. The maximum Gasteiger partial charge on any atom is 0.0656 e. The smallest absolute Gasteiger partial charge is 0.0656 e. The van der Waals surface area contributed by atoms with Gasteiger partial charge in [0.2, 0.25) is 0 Å². The molecular formula is C8H15N3O. The van der Waals surface area contributed by atoms with Crippen molar-refractivity contribution in [3.05, 3.63) is 17.5 Å². The van der Waals surface area contributed by atoms with E-state index in [9.17, 15) is 0 Å². The van der Waals surface area contributed by atoms with Crippen molar-refractivity contribution in [1.82, 2.24) is 9.78 Å². The summed E-state index contributed by atoms with van der Waals surface area (Å²) in [5.74, 6) is 0. The third kappa shape index (κ3) is 1.84. The summed E-state index contributed by atoms with van der Waals surface area (Å²) in [7, 11) is 3.53. The monoisotopic (exact) mass is 169 g/mol. The van der Waals surface area contributed by atoms with E-state index in [-0.39, 0.29) is 6.04 Å². The van der Waals surface area contributed by atoms with E-state index < -0.39 is 0 Å². The Kier molecular flexibility index (Phi) is 2.83. The first-order valence-electron chi connectivity index (χ1n) is 3.89. The highest BCUT2D eigenvalue weighted by Crippen LogP contribution is 2.13. The first kappa shape index (κ1) is 9.22. The molecule has 4 heteroatoms. The highest BCUT2D eigenvalue weighted by atomic mass is 16.5. The highest BCUT2D eigenvalue weighted by molar-refractivity contribution is 5.19. The molecule has 68 valence electrons. The number of ether oxygens (including phenoxy) is 1. The van der Waals surface area contributed by atoms with Gasteiger partial charge < -0.3 is 10.5 Å². The SMILES string of the molecule is COCC(N)c1cn(C)nc1C. The fourth-order valence-electron chi connectivity index (χ4n) is 1.25. The van der Waals surface area contributed by atoms with Crippen molar-refractivity contribution in [2.75, 3.05) is 13.7 Å². The summed E-state index contributed by atoms with van der Waals surface area (Å²) >= 11 is 0. The van der Waals surface area contributed by atoms with E-state index in [1.807, 2.05) is 20.2 Å². The van der Waals surface area contributed by atoms with E-state index in [4.69, 9.17) is 10.5 Å². The van der Waals surface area contributed by atoms with E-state index in [0.717, 1.165) is 11.3 Å². The second kappa shape index (κ2) is 3.69. The zero-order valence-corrected chi connectivity index (χ0v) is 7.74. The first-order chi connectivity index (χ1) is 5.65. The molecule has 0 spiro atoms. The van der Waals surface area contributed by atoms with E-state index >= 15 is 0 Å². The Labute approximate surface area is 72.3 Å². The number of aromatic nitrogens is 2. The normalized spacial score (nSPS) is 13.3. The number of nitrogens with two attached hydrogens (primary N) is 1. The van der Waals surface area contributed by atoms with Gasteiger partial charge in [0.05, 0.1) is 18.3 Å². The van der Waals surface area contributed by atoms with Gasteiger partial charge in [0.15, 0.2) is 0 Å². The quantitative estimate of drug-likeness (QED) is 0.711. The molecule has 0 radical (unpaired) electrons. The molecule has 1 unspecified atom stereocenters. The Morgan fingerprint density at radius 3 is 2.83 bits per heavy atom. The predicted octanol–water partition coefficient (Wildman–Crippen LogP) is 0.375. The van der Waals surface area contributed by atoms with Crippen LogP contribution in [-0.4, -0.2) is 23.5 Å². The number of nitrogens with zero attached hydrogens (tertiary/aromatic N) is 2. The number of methoxy groups -OCH3 is 1. The Hall–Kier alpha value is -0.870. The molecule has 2 N–H and O–H groups in total. The van der Waals surface area contributed by atoms with Gasteiger partial charge in [-0.1, -0.05) is 0 Å². The summed E-state index contributed by atoms with van der Waals surface area (Å²) in [4.78, 5) is 0. The van der Waals surface area contributed by atoms with Crippen molar-refractivity contribution in [3.8, 4) is 0 Å². The summed E-state index contributed by atoms with van der Waals surface area (Å²) in [6.45, 7) is 2.48. The van der Waals surface area contributed by atoms with Gasteiger partial charge in [-0.15, -0.1) is 0 Å². The van der Waals surface area contributed by atoms with Crippen LogP contribution in [-0.2, 0) is 11.8 Å². The molecule has 0 saturated heterocycles. The lowest BCUT2D eigenvalue weighted by Crippen LogP contribution is -2.16. The fraction of sp³-hybridized carbons (Fsp3) is 0.625. The van der Waals surface area contributed by atoms with Crippen molar-refractivity contribution < 1.29 is 4.74 Å². The van der Waals surface area contributed by atoms with Crippen LogP contribution in [0.3, 0.4) is 0 Å². The number of aryl methyl sites for hydroxylation is 2. The molecule has 1 aromatic rings. The highest BCUT2D eigenvalue weighted by Gasteiger charge is 2.11.